The van der Waals surface area contributed by atoms with Gasteiger partial charge in [-0.3, -0.25) is 4.79 Å². The van der Waals surface area contributed by atoms with Gasteiger partial charge in [-0.25, -0.2) is 4.79 Å². The summed E-state index contributed by atoms with van der Waals surface area (Å²) in [5, 5.41) is 2.79. The van der Waals surface area contributed by atoms with Crippen molar-refractivity contribution in [3.8, 4) is 0 Å². The molecule has 5 N–H and O–H groups in total. The number of aromatic amines is 2. The Balaban J connectivity index is 1.68. The molecule has 1 aromatic rings. The number of ether oxygens (including phenoxy) is 1. The van der Waals surface area contributed by atoms with Crippen LogP contribution >= 0.6 is 0 Å². The Hall–Kier alpha value is -1.60. The lowest BCUT2D eigenvalue weighted by atomic mass is 9.72. The minimum absolute atomic E-state index is 0.0274. The molecule has 2 fully saturated rings. The molecule has 2 aliphatic rings. The molecule has 17 heavy (non-hydrogen) atoms. The normalized spacial score (nSPS) is 35.1. The minimum atomic E-state index is -0.400. The molecule has 1 aliphatic carbocycles. The Bertz CT molecular complexity index is 494. The third-order valence-corrected chi connectivity index (χ3v) is 3.58. The summed E-state index contributed by atoms with van der Waals surface area (Å²) in [6.45, 7) is 0.705. The fraction of sp³-hybridized carbons (Fsp3) is 0.600. The minimum Gasteiger partial charge on any atom is -0.376 e. The van der Waals surface area contributed by atoms with Crippen molar-refractivity contribution >= 4 is 5.91 Å². The van der Waals surface area contributed by atoms with E-state index in [1.807, 2.05) is 0 Å². The van der Waals surface area contributed by atoms with Crippen LogP contribution in [-0.4, -0.2) is 40.7 Å². The first-order chi connectivity index (χ1) is 8.16. The second kappa shape index (κ2) is 3.71. The number of rotatable bonds is 2. The monoisotopic (exact) mass is 238 g/mol. The van der Waals surface area contributed by atoms with Crippen LogP contribution in [0.25, 0.3) is 0 Å². The lowest BCUT2D eigenvalue weighted by Crippen LogP contribution is -2.69. The van der Waals surface area contributed by atoms with Crippen LogP contribution < -0.4 is 16.7 Å². The number of imidazole rings is 1. The Kier molecular flexibility index (Phi) is 2.30. The summed E-state index contributed by atoms with van der Waals surface area (Å²) < 4.78 is 5.50. The quantitative estimate of drug-likeness (QED) is 0.504. The van der Waals surface area contributed by atoms with Gasteiger partial charge in [0.25, 0.3) is 5.91 Å². The van der Waals surface area contributed by atoms with Gasteiger partial charge in [0, 0.05) is 24.8 Å². The number of nitrogens with one attached hydrogen (secondary N) is 3. The summed E-state index contributed by atoms with van der Waals surface area (Å²) in [5.41, 5.74) is 5.78. The number of carbonyl (C=O) groups excluding carboxylic acids is 1. The van der Waals surface area contributed by atoms with Crippen LogP contribution in [0.2, 0.25) is 0 Å². The maximum Gasteiger partial charge on any atom is 0.323 e. The third kappa shape index (κ3) is 1.58. The predicted molar refractivity (Wildman–Crippen MR) is 58.5 cm³/mol. The van der Waals surface area contributed by atoms with E-state index in [0.717, 1.165) is 6.42 Å². The Morgan fingerprint density at radius 1 is 1.59 bits per heavy atom. The average Bonchev–Trinajstić information content (AvgIpc) is 2.92. The zero-order valence-corrected chi connectivity index (χ0v) is 9.10. The molecular formula is C10H14N4O3. The maximum atomic E-state index is 11.8. The zero-order chi connectivity index (χ0) is 12.0. The molecule has 1 saturated carbocycles. The van der Waals surface area contributed by atoms with Gasteiger partial charge in [-0.05, 0) is 6.42 Å². The highest BCUT2D eigenvalue weighted by Gasteiger charge is 2.52. The molecule has 3 rings (SSSR count). The summed E-state index contributed by atoms with van der Waals surface area (Å²) in [4.78, 5) is 27.4. The number of hydrogen-bond acceptors (Lipinski definition) is 4. The van der Waals surface area contributed by atoms with E-state index in [1.54, 1.807) is 0 Å². The van der Waals surface area contributed by atoms with E-state index >= 15 is 0 Å². The van der Waals surface area contributed by atoms with Crippen LogP contribution in [0.15, 0.2) is 11.0 Å². The molecule has 7 nitrogen and oxygen atoms in total. The van der Waals surface area contributed by atoms with Crippen molar-refractivity contribution in [3.63, 3.8) is 0 Å². The van der Waals surface area contributed by atoms with Gasteiger partial charge in [-0.15, -0.1) is 0 Å². The van der Waals surface area contributed by atoms with Crippen LogP contribution in [0.1, 0.15) is 16.9 Å². The number of fused-ring (bicyclic) bond motifs is 1. The molecule has 1 aliphatic heterocycles. The van der Waals surface area contributed by atoms with E-state index in [-0.39, 0.29) is 29.8 Å². The predicted octanol–water partition coefficient (Wildman–Crippen LogP) is -1.45. The fourth-order valence-electron chi connectivity index (χ4n) is 2.61. The van der Waals surface area contributed by atoms with Crippen molar-refractivity contribution in [2.45, 2.75) is 24.6 Å². The smallest absolute Gasteiger partial charge is 0.323 e. The Labute approximate surface area is 96.7 Å². The number of H-pyrrole nitrogens is 2. The first-order valence-corrected chi connectivity index (χ1v) is 5.62. The van der Waals surface area contributed by atoms with Gasteiger partial charge in [0.2, 0.25) is 0 Å². The van der Waals surface area contributed by atoms with E-state index in [2.05, 4.69) is 15.3 Å². The number of amides is 1. The molecule has 4 atom stereocenters. The van der Waals surface area contributed by atoms with Crippen molar-refractivity contribution in [2.24, 2.45) is 11.7 Å². The van der Waals surface area contributed by atoms with E-state index < -0.39 is 5.69 Å². The first kappa shape index (κ1) is 10.5. The summed E-state index contributed by atoms with van der Waals surface area (Å²) in [5.74, 6) is 0.0170. The SMILES string of the molecule is NC1C2CCOC2C1NC(=O)c1c[nH]c(=O)[nH]1. The highest BCUT2D eigenvalue weighted by molar-refractivity contribution is 5.92. The van der Waals surface area contributed by atoms with Gasteiger partial charge in [-0.1, -0.05) is 0 Å². The van der Waals surface area contributed by atoms with E-state index in [9.17, 15) is 9.59 Å². The lowest BCUT2D eigenvalue weighted by Gasteiger charge is -2.45. The molecule has 1 amide bonds. The second-order valence-electron chi connectivity index (χ2n) is 4.52. The molecule has 4 unspecified atom stereocenters. The lowest BCUT2D eigenvalue weighted by molar-refractivity contribution is -0.0161. The van der Waals surface area contributed by atoms with Crippen molar-refractivity contribution in [2.75, 3.05) is 6.61 Å². The largest absolute Gasteiger partial charge is 0.376 e. The highest BCUT2D eigenvalue weighted by Crippen LogP contribution is 2.37. The number of aromatic nitrogens is 2. The molecule has 1 saturated heterocycles. The first-order valence-electron chi connectivity index (χ1n) is 5.62. The zero-order valence-electron chi connectivity index (χ0n) is 9.10. The molecule has 7 heteroatoms. The number of nitrogens with two attached hydrogens (primary N) is 1. The summed E-state index contributed by atoms with van der Waals surface area (Å²) in [6.07, 6.45) is 2.33. The van der Waals surface area contributed by atoms with E-state index in [0.29, 0.717) is 12.5 Å². The molecule has 1 aromatic heterocycles. The molecule has 0 radical (unpaired) electrons. The van der Waals surface area contributed by atoms with Crippen LogP contribution in [0.4, 0.5) is 0 Å². The number of hydrogen-bond donors (Lipinski definition) is 4. The second-order valence-corrected chi connectivity index (χ2v) is 4.52. The number of carbonyl (C=O) groups is 1. The molecule has 2 heterocycles. The van der Waals surface area contributed by atoms with Gasteiger partial charge in [0.15, 0.2) is 0 Å². The van der Waals surface area contributed by atoms with Crippen LogP contribution in [0.5, 0.6) is 0 Å². The van der Waals surface area contributed by atoms with Gasteiger partial charge in [0.1, 0.15) is 5.69 Å². The van der Waals surface area contributed by atoms with Crippen molar-refractivity contribution in [1.29, 1.82) is 0 Å². The van der Waals surface area contributed by atoms with Gasteiger partial charge >= 0.3 is 5.69 Å². The average molecular weight is 238 g/mol. The van der Waals surface area contributed by atoms with Crippen LogP contribution in [-0.2, 0) is 4.74 Å². The topological polar surface area (TPSA) is 113 Å². The standard InChI is InChI=1S/C10H14N4O3/c11-6-4-1-2-17-8(4)7(6)14-9(15)5-3-12-10(16)13-5/h3-4,6-8H,1-2,11H2,(H,14,15)(H2,12,13,16). The highest BCUT2D eigenvalue weighted by atomic mass is 16.5. The Morgan fingerprint density at radius 2 is 2.41 bits per heavy atom. The van der Waals surface area contributed by atoms with Gasteiger partial charge < -0.3 is 25.8 Å². The Morgan fingerprint density at radius 3 is 3.12 bits per heavy atom. The van der Waals surface area contributed by atoms with Crippen LogP contribution in [0.3, 0.4) is 0 Å². The van der Waals surface area contributed by atoms with Crippen molar-refractivity contribution in [1.82, 2.24) is 15.3 Å². The summed E-state index contributed by atoms with van der Waals surface area (Å²) >= 11 is 0. The van der Waals surface area contributed by atoms with E-state index in [4.69, 9.17) is 10.5 Å². The van der Waals surface area contributed by atoms with Gasteiger partial charge in [-0.2, -0.15) is 0 Å². The summed E-state index contributed by atoms with van der Waals surface area (Å²) in [7, 11) is 0. The van der Waals surface area contributed by atoms with E-state index in [1.165, 1.54) is 6.20 Å². The summed E-state index contributed by atoms with van der Waals surface area (Å²) in [6, 6.07) is -0.217. The molecular weight excluding hydrogens is 224 g/mol. The van der Waals surface area contributed by atoms with Crippen molar-refractivity contribution in [3.05, 3.63) is 22.4 Å². The van der Waals surface area contributed by atoms with Crippen LogP contribution in [0, 0.1) is 5.92 Å². The third-order valence-electron chi connectivity index (χ3n) is 3.58. The molecule has 0 spiro atoms. The van der Waals surface area contributed by atoms with Crippen molar-refractivity contribution < 1.29 is 9.53 Å². The fourth-order valence-corrected chi connectivity index (χ4v) is 2.61. The van der Waals surface area contributed by atoms with Gasteiger partial charge in [0.05, 0.1) is 12.1 Å². The molecule has 0 aromatic carbocycles. The molecule has 92 valence electrons. The maximum absolute atomic E-state index is 11.8. The molecule has 0 bridgehead atoms.